The molecule has 0 saturated heterocycles. The van der Waals surface area contributed by atoms with Gasteiger partial charge >= 0.3 is 0 Å². The second-order valence-corrected chi connectivity index (χ2v) is 5.52. The summed E-state index contributed by atoms with van der Waals surface area (Å²) < 4.78 is 0. The molecule has 0 aliphatic carbocycles. The molecule has 3 rings (SSSR count). The van der Waals surface area contributed by atoms with Crippen LogP contribution in [0, 0.1) is 0 Å². The van der Waals surface area contributed by atoms with Crippen molar-refractivity contribution in [2.75, 3.05) is 0 Å². The van der Waals surface area contributed by atoms with E-state index in [1.165, 1.54) is 16.7 Å². The van der Waals surface area contributed by atoms with E-state index in [-0.39, 0.29) is 0 Å². The minimum absolute atomic E-state index is 0.323. The third-order valence-corrected chi connectivity index (χ3v) is 3.88. The van der Waals surface area contributed by atoms with E-state index in [0.29, 0.717) is 6.04 Å². The Morgan fingerprint density at radius 2 is 1.09 bits per heavy atom. The van der Waals surface area contributed by atoms with Crippen LogP contribution in [0.25, 0.3) is 0 Å². The molecule has 0 aliphatic rings. The summed E-state index contributed by atoms with van der Waals surface area (Å²) in [5, 5.41) is 3.70. The molecular formula is C21H21N. The van der Waals surface area contributed by atoms with Gasteiger partial charge < -0.3 is 5.32 Å². The van der Waals surface area contributed by atoms with Crippen molar-refractivity contribution < 1.29 is 0 Å². The van der Waals surface area contributed by atoms with E-state index in [2.05, 4.69) is 96.3 Å². The van der Waals surface area contributed by atoms with Gasteiger partial charge in [-0.1, -0.05) is 91.0 Å². The highest BCUT2D eigenvalue weighted by Crippen LogP contribution is 2.19. The largest absolute Gasteiger partial charge is 0.306 e. The van der Waals surface area contributed by atoms with Gasteiger partial charge in [0.05, 0.1) is 0 Å². The number of hydrogen-bond acceptors (Lipinski definition) is 1. The Labute approximate surface area is 132 Å². The fourth-order valence-electron chi connectivity index (χ4n) is 2.68. The highest BCUT2D eigenvalue weighted by atomic mass is 14.9. The Hall–Kier alpha value is -2.38. The van der Waals surface area contributed by atoms with Crippen molar-refractivity contribution in [3.8, 4) is 0 Å². The Bertz CT molecular complexity index is 662. The molecule has 0 aromatic heterocycles. The van der Waals surface area contributed by atoms with Crippen molar-refractivity contribution in [1.29, 1.82) is 0 Å². The van der Waals surface area contributed by atoms with Gasteiger partial charge in [-0.15, -0.1) is 0 Å². The predicted molar refractivity (Wildman–Crippen MR) is 92.6 cm³/mol. The molecular weight excluding hydrogens is 266 g/mol. The predicted octanol–water partition coefficient (Wildman–Crippen LogP) is 4.76. The third-order valence-electron chi connectivity index (χ3n) is 3.88. The van der Waals surface area contributed by atoms with E-state index in [9.17, 15) is 0 Å². The summed E-state index contributed by atoms with van der Waals surface area (Å²) in [4.78, 5) is 0. The summed E-state index contributed by atoms with van der Waals surface area (Å²) >= 11 is 0. The first-order valence-electron chi connectivity index (χ1n) is 7.78. The Balaban J connectivity index is 1.74. The molecule has 110 valence electrons. The minimum Gasteiger partial charge on any atom is -0.306 e. The van der Waals surface area contributed by atoms with Crippen molar-refractivity contribution >= 4 is 0 Å². The molecule has 0 unspecified atom stereocenters. The molecule has 0 aliphatic heterocycles. The fraction of sp³-hybridized carbons (Fsp3) is 0.143. The van der Waals surface area contributed by atoms with E-state index < -0.39 is 0 Å². The molecule has 1 N–H and O–H groups in total. The maximum atomic E-state index is 3.70. The zero-order valence-corrected chi connectivity index (χ0v) is 12.7. The molecule has 0 saturated carbocycles. The molecule has 0 fully saturated rings. The quantitative estimate of drug-likeness (QED) is 0.689. The number of nitrogens with one attached hydrogen (secondary N) is 1. The van der Waals surface area contributed by atoms with Crippen LogP contribution in [-0.2, 0) is 13.0 Å². The first-order chi connectivity index (χ1) is 10.9. The van der Waals surface area contributed by atoms with Crippen molar-refractivity contribution in [3.63, 3.8) is 0 Å². The highest BCUT2D eigenvalue weighted by molar-refractivity contribution is 5.24. The van der Waals surface area contributed by atoms with Gasteiger partial charge in [-0.25, -0.2) is 0 Å². The van der Waals surface area contributed by atoms with Crippen molar-refractivity contribution in [2.24, 2.45) is 0 Å². The van der Waals surface area contributed by atoms with Crippen LogP contribution >= 0.6 is 0 Å². The molecule has 0 amide bonds. The second kappa shape index (κ2) is 7.58. The third kappa shape index (κ3) is 4.06. The SMILES string of the molecule is c1ccc(CN[C@H](Cc2ccccc2)c2ccccc2)cc1. The lowest BCUT2D eigenvalue weighted by atomic mass is 9.98. The van der Waals surface area contributed by atoms with Crippen LogP contribution in [0.5, 0.6) is 0 Å². The van der Waals surface area contributed by atoms with Gasteiger partial charge in [0.2, 0.25) is 0 Å². The van der Waals surface area contributed by atoms with Gasteiger partial charge in [0.15, 0.2) is 0 Å². The minimum atomic E-state index is 0.323. The van der Waals surface area contributed by atoms with E-state index in [1.54, 1.807) is 0 Å². The summed E-state index contributed by atoms with van der Waals surface area (Å²) in [5.74, 6) is 0. The Morgan fingerprint density at radius 1 is 0.591 bits per heavy atom. The zero-order chi connectivity index (χ0) is 15.0. The lowest BCUT2D eigenvalue weighted by Gasteiger charge is -2.19. The summed E-state index contributed by atoms with van der Waals surface area (Å²) in [7, 11) is 0. The first kappa shape index (κ1) is 14.6. The summed E-state index contributed by atoms with van der Waals surface area (Å²) in [6.45, 7) is 0.882. The summed E-state index contributed by atoms with van der Waals surface area (Å²) in [5.41, 5.74) is 4.01. The van der Waals surface area contributed by atoms with Gasteiger partial charge in [0, 0.05) is 12.6 Å². The van der Waals surface area contributed by atoms with Crippen LogP contribution < -0.4 is 5.32 Å². The summed E-state index contributed by atoms with van der Waals surface area (Å²) in [6, 6.07) is 32.2. The average molecular weight is 287 g/mol. The highest BCUT2D eigenvalue weighted by Gasteiger charge is 2.11. The normalized spacial score (nSPS) is 12.0. The van der Waals surface area contributed by atoms with Gasteiger partial charge in [-0.3, -0.25) is 0 Å². The van der Waals surface area contributed by atoms with Crippen LogP contribution in [-0.4, -0.2) is 0 Å². The molecule has 0 radical (unpaired) electrons. The second-order valence-electron chi connectivity index (χ2n) is 5.52. The number of hydrogen-bond donors (Lipinski definition) is 1. The smallest absolute Gasteiger partial charge is 0.0363 e. The van der Waals surface area contributed by atoms with Crippen molar-refractivity contribution in [1.82, 2.24) is 5.32 Å². The van der Waals surface area contributed by atoms with Crippen LogP contribution in [0.1, 0.15) is 22.7 Å². The summed E-state index contributed by atoms with van der Waals surface area (Å²) in [6.07, 6.45) is 0.998. The molecule has 0 bridgehead atoms. The molecule has 1 heteroatoms. The fourth-order valence-corrected chi connectivity index (χ4v) is 2.68. The van der Waals surface area contributed by atoms with Gasteiger partial charge in [-0.2, -0.15) is 0 Å². The monoisotopic (exact) mass is 287 g/mol. The Kier molecular flexibility index (Phi) is 5.01. The van der Waals surface area contributed by atoms with Crippen molar-refractivity contribution in [2.45, 2.75) is 19.0 Å². The first-order valence-corrected chi connectivity index (χ1v) is 7.78. The molecule has 22 heavy (non-hydrogen) atoms. The van der Waals surface area contributed by atoms with Crippen molar-refractivity contribution in [3.05, 3.63) is 108 Å². The van der Waals surface area contributed by atoms with Gasteiger partial charge in [0.25, 0.3) is 0 Å². The van der Waals surface area contributed by atoms with Crippen LogP contribution in [0.2, 0.25) is 0 Å². The van der Waals surface area contributed by atoms with Crippen LogP contribution in [0.3, 0.4) is 0 Å². The van der Waals surface area contributed by atoms with Gasteiger partial charge in [-0.05, 0) is 23.1 Å². The molecule has 1 atom stereocenters. The van der Waals surface area contributed by atoms with E-state index >= 15 is 0 Å². The zero-order valence-electron chi connectivity index (χ0n) is 12.7. The van der Waals surface area contributed by atoms with E-state index in [0.717, 1.165) is 13.0 Å². The van der Waals surface area contributed by atoms with Crippen LogP contribution in [0.15, 0.2) is 91.0 Å². The molecule has 3 aromatic carbocycles. The number of benzene rings is 3. The number of rotatable bonds is 6. The van der Waals surface area contributed by atoms with E-state index in [4.69, 9.17) is 0 Å². The molecule has 0 spiro atoms. The van der Waals surface area contributed by atoms with E-state index in [1.807, 2.05) is 0 Å². The maximum absolute atomic E-state index is 3.70. The lowest BCUT2D eigenvalue weighted by molar-refractivity contribution is 0.530. The molecule has 1 nitrogen and oxygen atoms in total. The molecule has 3 aromatic rings. The maximum Gasteiger partial charge on any atom is 0.0363 e. The van der Waals surface area contributed by atoms with Crippen LogP contribution in [0.4, 0.5) is 0 Å². The topological polar surface area (TPSA) is 12.0 Å². The average Bonchev–Trinajstić information content (AvgIpc) is 2.61. The van der Waals surface area contributed by atoms with Gasteiger partial charge in [0.1, 0.15) is 0 Å². The Morgan fingerprint density at radius 3 is 1.68 bits per heavy atom. The standard InChI is InChI=1S/C21H21N/c1-4-10-18(11-5-1)16-21(20-14-8-3-9-15-20)22-17-19-12-6-2-7-13-19/h1-15,21-22H,16-17H2/t21-/m1/s1. The molecule has 0 heterocycles. The lowest BCUT2D eigenvalue weighted by Crippen LogP contribution is -2.23.